The van der Waals surface area contributed by atoms with E-state index in [1.807, 2.05) is 31.2 Å². The Bertz CT molecular complexity index is 1100. The molecule has 146 valence electrons. The molecule has 0 aliphatic rings. The summed E-state index contributed by atoms with van der Waals surface area (Å²) in [5.41, 5.74) is 2.80. The minimum atomic E-state index is -0.313. The van der Waals surface area contributed by atoms with Crippen LogP contribution in [0.15, 0.2) is 41.2 Å². The Labute approximate surface area is 162 Å². The lowest BCUT2D eigenvalue weighted by atomic mass is 10.1. The van der Waals surface area contributed by atoms with Crippen LogP contribution in [-0.4, -0.2) is 25.9 Å². The summed E-state index contributed by atoms with van der Waals surface area (Å²) in [6.07, 6.45) is 0.913. The van der Waals surface area contributed by atoms with Crippen molar-refractivity contribution >= 4 is 34.5 Å². The third-order valence-corrected chi connectivity index (χ3v) is 4.63. The number of para-hydroxylation sites is 1. The van der Waals surface area contributed by atoms with Gasteiger partial charge in [0.25, 0.3) is 0 Å². The Kier molecular flexibility index (Phi) is 5.58. The van der Waals surface area contributed by atoms with Crippen molar-refractivity contribution in [3.05, 3.63) is 52.4 Å². The second-order valence-electron chi connectivity index (χ2n) is 6.55. The van der Waals surface area contributed by atoms with Crippen LogP contribution >= 0.6 is 0 Å². The molecule has 2 amide bonds. The van der Waals surface area contributed by atoms with Gasteiger partial charge in [-0.3, -0.25) is 18.7 Å². The molecule has 0 atom stereocenters. The van der Waals surface area contributed by atoms with Crippen LogP contribution in [0.1, 0.15) is 25.3 Å². The zero-order valence-corrected chi connectivity index (χ0v) is 16.2. The Morgan fingerprint density at radius 3 is 2.36 bits per heavy atom. The Balaban J connectivity index is 1.60. The number of anilines is 2. The van der Waals surface area contributed by atoms with Crippen molar-refractivity contribution in [2.45, 2.75) is 26.2 Å². The van der Waals surface area contributed by atoms with Gasteiger partial charge in [-0.25, -0.2) is 9.78 Å². The monoisotopic (exact) mass is 381 g/mol. The van der Waals surface area contributed by atoms with E-state index in [1.165, 1.54) is 9.13 Å². The number of imidazole rings is 1. The highest BCUT2D eigenvalue weighted by atomic mass is 16.2. The number of nitrogens with one attached hydrogen (secondary N) is 2. The quantitative estimate of drug-likeness (QED) is 0.684. The summed E-state index contributed by atoms with van der Waals surface area (Å²) >= 11 is 0. The molecule has 1 aromatic carbocycles. The van der Waals surface area contributed by atoms with E-state index in [1.54, 1.807) is 26.2 Å². The number of fused-ring (bicyclic) bond motifs is 1. The first-order valence-electron chi connectivity index (χ1n) is 9.10. The van der Waals surface area contributed by atoms with Gasteiger partial charge >= 0.3 is 5.69 Å². The SMILES string of the molecule is CCc1ccccc1NC(=O)CCC(=O)Nc1ccc2c(n1)n(C)c(=O)n2C. The molecule has 2 heterocycles. The first-order valence-corrected chi connectivity index (χ1v) is 9.10. The number of hydrogen-bond acceptors (Lipinski definition) is 4. The first-order chi connectivity index (χ1) is 13.4. The maximum Gasteiger partial charge on any atom is 0.329 e. The zero-order chi connectivity index (χ0) is 20.3. The van der Waals surface area contributed by atoms with Crippen molar-refractivity contribution in [1.82, 2.24) is 14.1 Å². The third-order valence-electron chi connectivity index (χ3n) is 4.63. The molecule has 2 N–H and O–H groups in total. The number of pyridine rings is 1. The molecule has 0 spiro atoms. The molecule has 0 bridgehead atoms. The fraction of sp³-hybridized carbons (Fsp3) is 0.300. The molecule has 8 heteroatoms. The summed E-state index contributed by atoms with van der Waals surface area (Å²) in [7, 11) is 3.29. The number of nitrogens with zero attached hydrogens (tertiary/aromatic N) is 3. The van der Waals surface area contributed by atoms with Gasteiger partial charge in [-0.1, -0.05) is 25.1 Å². The number of hydrogen-bond donors (Lipinski definition) is 2. The van der Waals surface area contributed by atoms with Gasteiger partial charge in [0, 0.05) is 32.6 Å². The molecule has 8 nitrogen and oxygen atoms in total. The lowest BCUT2D eigenvalue weighted by Gasteiger charge is -2.09. The summed E-state index contributed by atoms with van der Waals surface area (Å²) in [6.45, 7) is 2.02. The van der Waals surface area contributed by atoms with Gasteiger partial charge < -0.3 is 10.6 Å². The van der Waals surface area contributed by atoms with Crippen molar-refractivity contribution in [3.8, 4) is 0 Å². The van der Waals surface area contributed by atoms with Gasteiger partial charge in [0.2, 0.25) is 11.8 Å². The van der Waals surface area contributed by atoms with Crippen LogP contribution in [0, 0.1) is 0 Å². The van der Waals surface area contributed by atoms with E-state index in [9.17, 15) is 14.4 Å². The Morgan fingerprint density at radius 2 is 1.64 bits per heavy atom. The number of carbonyl (C=O) groups is 2. The van der Waals surface area contributed by atoms with Gasteiger partial charge in [-0.05, 0) is 30.2 Å². The van der Waals surface area contributed by atoms with Gasteiger partial charge in [-0.2, -0.15) is 0 Å². The van der Waals surface area contributed by atoms with Gasteiger partial charge in [0.1, 0.15) is 5.82 Å². The third kappa shape index (κ3) is 3.95. The summed E-state index contributed by atoms with van der Waals surface area (Å²) in [5.74, 6) is -0.188. The van der Waals surface area contributed by atoms with Crippen molar-refractivity contribution in [1.29, 1.82) is 0 Å². The van der Waals surface area contributed by atoms with Crippen LogP contribution in [0.3, 0.4) is 0 Å². The predicted octanol–water partition coefficient (Wildman–Crippen LogP) is 2.19. The predicted molar refractivity (Wildman–Crippen MR) is 108 cm³/mol. The molecule has 0 saturated carbocycles. The average Bonchev–Trinajstić information content (AvgIpc) is 2.91. The Hall–Kier alpha value is -3.42. The smallest absolute Gasteiger partial charge is 0.326 e. The number of aryl methyl sites for hydroxylation is 3. The highest BCUT2D eigenvalue weighted by Gasteiger charge is 2.12. The zero-order valence-electron chi connectivity index (χ0n) is 16.2. The first kappa shape index (κ1) is 19.3. The molecule has 0 radical (unpaired) electrons. The molecular weight excluding hydrogens is 358 g/mol. The van der Waals surface area contributed by atoms with E-state index in [4.69, 9.17) is 0 Å². The normalized spacial score (nSPS) is 10.8. The molecule has 2 aromatic heterocycles. The minimum absolute atomic E-state index is 0.0353. The largest absolute Gasteiger partial charge is 0.329 e. The van der Waals surface area contributed by atoms with Crippen LogP contribution in [-0.2, 0) is 30.1 Å². The highest BCUT2D eigenvalue weighted by molar-refractivity contribution is 5.97. The topological polar surface area (TPSA) is 98.0 Å². The number of aromatic nitrogens is 3. The van der Waals surface area contributed by atoms with E-state index in [0.29, 0.717) is 17.0 Å². The van der Waals surface area contributed by atoms with Crippen LogP contribution in [0.25, 0.3) is 11.2 Å². The molecule has 0 unspecified atom stereocenters. The van der Waals surface area contributed by atoms with Crippen molar-refractivity contribution < 1.29 is 9.59 Å². The van der Waals surface area contributed by atoms with Crippen molar-refractivity contribution in [2.24, 2.45) is 14.1 Å². The van der Waals surface area contributed by atoms with E-state index in [0.717, 1.165) is 17.7 Å². The maximum absolute atomic E-state index is 12.2. The fourth-order valence-corrected chi connectivity index (χ4v) is 3.03. The molecule has 3 aromatic rings. The van der Waals surface area contributed by atoms with Crippen molar-refractivity contribution in [3.63, 3.8) is 0 Å². The van der Waals surface area contributed by atoms with Crippen LogP contribution in [0.4, 0.5) is 11.5 Å². The standard InChI is InChI=1S/C20H23N5O3/c1-4-13-7-5-6-8-14(13)21-17(26)11-12-18(27)22-16-10-9-15-19(23-16)25(3)20(28)24(15)2/h5-10H,4,11-12H2,1-3H3,(H,21,26)(H,22,23,27). The molecule has 0 fully saturated rings. The molecule has 0 saturated heterocycles. The molecule has 3 rings (SSSR count). The Morgan fingerprint density at radius 1 is 0.964 bits per heavy atom. The van der Waals surface area contributed by atoms with E-state index < -0.39 is 0 Å². The maximum atomic E-state index is 12.2. The lowest BCUT2D eigenvalue weighted by Crippen LogP contribution is -2.19. The van der Waals surface area contributed by atoms with Crippen molar-refractivity contribution in [2.75, 3.05) is 10.6 Å². The molecule has 28 heavy (non-hydrogen) atoms. The summed E-state index contributed by atoms with van der Waals surface area (Å²) in [5, 5.41) is 5.52. The fourth-order valence-electron chi connectivity index (χ4n) is 3.03. The average molecular weight is 381 g/mol. The number of benzene rings is 1. The minimum Gasteiger partial charge on any atom is -0.326 e. The highest BCUT2D eigenvalue weighted by Crippen LogP contribution is 2.16. The molecule has 0 aliphatic heterocycles. The summed E-state index contributed by atoms with van der Waals surface area (Å²) < 4.78 is 2.91. The van der Waals surface area contributed by atoms with Gasteiger partial charge in [0.15, 0.2) is 5.65 Å². The van der Waals surface area contributed by atoms with Gasteiger partial charge in [0.05, 0.1) is 5.52 Å². The molecule has 0 aliphatic carbocycles. The summed E-state index contributed by atoms with van der Waals surface area (Å²) in [4.78, 5) is 40.6. The molecular formula is C20H23N5O3. The van der Waals surface area contributed by atoms with E-state index >= 15 is 0 Å². The second kappa shape index (κ2) is 8.08. The number of rotatable bonds is 6. The number of carbonyl (C=O) groups excluding carboxylic acids is 2. The van der Waals surface area contributed by atoms with Crippen LogP contribution in [0.5, 0.6) is 0 Å². The van der Waals surface area contributed by atoms with E-state index in [2.05, 4.69) is 15.6 Å². The van der Waals surface area contributed by atoms with Gasteiger partial charge in [-0.15, -0.1) is 0 Å². The summed E-state index contributed by atoms with van der Waals surface area (Å²) in [6, 6.07) is 11.0. The van der Waals surface area contributed by atoms with Crippen LogP contribution < -0.4 is 16.3 Å². The second-order valence-corrected chi connectivity index (χ2v) is 6.55. The number of amides is 2. The van der Waals surface area contributed by atoms with E-state index in [-0.39, 0.29) is 30.3 Å². The van der Waals surface area contributed by atoms with Crippen LogP contribution in [0.2, 0.25) is 0 Å². The lowest BCUT2D eigenvalue weighted by molar-refractivity contribution is -0.121.